The fourth-order valence-corrected chi connectivity index (χ4v) is 5.87. The van der Waals surface area contributed by atoms with Crippen molar-refractivity contribution < 1.29 is 0 Å². The van der Waals surface area contributed by atoms with Crippen LogP contribution in [0.3, 0.4) is 0 Å². The molecule has 2 aromatic heterocycles. The number of nitrogens with zero attached hydrogens (tertiary/aromatic N) is 2. The Hall–Kier alpha value is -0.260. The molecule has 0 bridgehead atoms. The van der Waals surface area contributed by atoms with Gasteiger partial charge in [-0.05, 0) is 12.8 Å². The summed E-state index contributed by atoms with van der Waals surface area (Å²) in [6, 6.07) is 0. The van der Waals surface area contributed by atoms with E-state index in [0.29, 0.717) is 5.25 Å². The zero-order valence-corrected chi connectivity index (χ0v) is 10.5. The van der Waals surface area contributed by atoms with Crippen molar-refractivity contribution in [1.82, 2.24) is 9.97 Å². The van der Waals surface area contributed by atoms with Gasteiger partial charge in [-0.3, -0.25) is 9.97 Å². The molecule has 5 heteroatoms. The van der Waals surface area contributed by atoms with E-state index in [1.165, 1.54) is 23.5 Å². The second-order valence-electron chi connectivity index (χ2n) is 3.44. The number of thiophene rings is 1. The number of hydrogen-bond donors (Lipinski definition) is 0. The molecule has 0 amide bonds. The monoisotopic (exact) mass is 254 g/mol. The third kappa shape index (κ3) is 1.88. The van der Waals surface area contributed by atoms with Crippen molar-refractivity contribution >= 4 is 44.0 Å². The Morgan fingerprint density at radius 1 is 1.27 bits per heavy atom. The highest BCUT2D eigenvalue weighted by Crippen LogP contribution is 2.48. The third-order valence-corrected chi connectivity index (χ3v) is 6.55. The first-order valence-electron chi connectivity index (χ1n) is 4.91. The van der Waals surface area contributed by atoms with Gasteiger partial charge in [-0.15, -0.1) is 11.3 Å². The quantitative estimate of drug-likeness (QED) is 0.721. The smallest absolute Gasteiger partial charge is 0.104 e. The highest BCUT2D eigenvalue weighted by molar-refractivity contribution is 8.76. The summed E-state index contributed by atoms with van der Waals surface area (Å²) in [4.78, 5) is 10.2. The van der Waals surface area contributed by atoms with Gasteiger partial charge in [0.1, 0.15) is 5.52 Å². The Kier molecular flexibility index (Phi) is 2.86. The standard InChI is InChI=1S/C10H10N2S3/c1-2-8(15-14-5-1)10-9-7(6-13-10)11-3-4-12-9/h3-4,6,8H,1-2,5H2. The van der Waals surface area contributed by atoms with Crippen molar-refractivity contribution in [2.45, 2.75) is 18.1 Å². The Balaban J connectivity index is 2.02. The van der Waals surface area contributed by atoms with Gasteiger partial charge < -0.3 is 0 Å². The summed E-state index contributed by atoms with van der Waals surface area (Å²) in [5.74, 6) is 1.29. The molecule has 0 radical (unpaired) electrons. The Bertz CT molecular complexity index is 462. The van der Waals surface area contributed by atoms with Crippen LogP contribution < -0.4 is 0 Å². The first-order valence-corrected chi connectivity index (χ1v) is 8.18. The predicted octanol–water partition coefficient (Wildman–Crippen LogP) is 3.91. The van der Waals surface area contributed by atoms with E-state index in [-0.39, 0.29) is 0 Å². The number of rotatable bonds is 1. The lowest BCUT2D eigenvalue weighted by molar-refractivity contribution is 0.795. The average molecular weight is 254 g/mol. The molecule has 15 heavy (non-hydrogen) atoms. The summed E-state index contributed by atoms with van der Waals surface area (Å²) in [6.45, 7) is 0. The van der Waals surface area contributed by atoms with E-state index in [1.807, 2.05) is 32.9 Å². The van der Waals surface area contributed by atoms with Crippen LogP contribution in [0.25, 0.3) is 11.0 Å². The summed E-state index contributed by atoms with van der Waals surface area (Å²) in [5.41, 5.74) is 2.16. The van der Waals surface area contributed by atoms with Crippen LogP contribution in [-0.4, -0.2) is 15.7 Å². The summed E-state index contributed by atoms with van der Waals surface area (Å²) >= 11 is 1.81. The molecule has 1 atom stereocenters. The Labute approximate surface area is 100 Å². The molecule has 1 fully saturated rings. The van der Waals surface area contributed by atoms with E-state index in [4.69, 9.17) is 0 Å². The van der Waals surface area contributed by atoms with E-state index in [9.17, 15) is 0 Å². The zero-order chi connectivity index (χ0) is 10.1. The fraction of sp³-hybridized carbons (Fsp3) is 0.400. The summed E-state index contributed by atoms with van der Waals surface area (Å²) < 4.78 is 0. The molecule has 2 aromatic rings. The van der Waals surface area contributed by atoms with Crippen LogP contribution >= 0.6 is 32.9 Å². The minimum Gasteiger partial charge on any atom is -0.252 e. The predicted molar refractivity (Wildman–Crippen MR) is 69.4 cm³/mol. The molecular formula is C10H10N2S3. The lowest BCUT2D eigenvalue weighted by Gasteiger charge is -2.18. The molecule has 0 saturated carbocycles. The Morgan fingerprint density at radius 2 is 2.20 bits per heavy atom. The van der Waals surface area contributed by atoms with Crippen molar-refractivity contribution in [2.24, 2.45) is 0 Å². The number of fused-ring (bicyclic) bond motifs is 1. The van der Waals surface area contributed by atoms with E-state index in [0.717, 1.165) is 11.0 Å². The molecule has 1 saturated heterocycles. The van der Waals surface area contributed by atoms with Gasteiger partial charge in [-0.1, -0.05) is 21.6 Å². The van der Waals surface area contributed by atoms with Crippen molar-refractivity contribution in [3.63, 3.8) is 0 Å². The number of hydrogen-bond acceptors (Lipinski definition) is 5. The second-order valence-corrected chi connectivity index (χ2v) is 7.04. The van der Waals surface area contributed by atoms with Crippen LogP contribution in [0.15, 0.2) is 17.8 Å². The van der Waals surface area contributed by atoms with Gasteiger partial charge in [0.05, 0.1) is 10.8 Å². The van der Waals surface area contributed by atoms with Gasteiger partial charge in [-0.2, -0.15) is 0 Å². The molecule has 2 nitrogen and oxygen atoms in total. The van der Waals surface area contributed by atoms with Crippen molar-refractivity contribution in [1.29, 1.82) is 0 Å². The van der Waals surface area contributed by atoms with Crippen LogP contribution in [0.2, 0.25) is 0 Å². The molecule has 3 rings (SSSR count). The summed E-state index contributed by atoms with van der Waals surface area (Å²) in [7, 11) is 3.98. The number of aromatic nitrogens is 2. The third-order valence-electron chi connectivity index (χ3n) is 2.43. The van der Waals surface area contributed by atoms with Crippen LogP contribution in [-0.2, 0) is 0 Å². The molecule has 0 N–H and O–H groups in total. The lowest BCUT2D eigenvalue weighted by atomic mass is 10.2. The van der Waals surface area contributed by atoms with E-state index in [2.05, 4.69) is 15.3 Å². The van der Waals surface area contributed by atoms with E-state index in [1.54, 1.807) is 12.4 Å². The van der Waals surface area contributed by atoms with E-state index < -0.39 is 0 Å². The average Bonchev–Trinajstić information content (AvgIpc) is 2.74. The van der Waals surface area contributed by atoms with Crippen LogP contribution in [0, 0.1) is 0 Å². The first kappa shape index (κ1) is 9.93. The van der Waals surface area contributed by atoms with Gasteiger partial charge in [0.15, 0.2) is 0 Å². The molecule has 0 spiro atoms. The van der Waals surface area contributed by atoms with Gasteiger partial charge in [-0.25, -0.2) is 0 Å². The first-order chi connectivity index (χ1) is 7.45. The highest BCUT2D eigenvalue weighted by Gasteiger charge is 2.21. The molecule has 0 aliphatic carbocycles. The van der Waals surface area contributed by atoms with Gasteiger partial charge >= 0.3 is 0 Å². The Morgan fingerprint density at radius 3 is 3.07 bits per heavy atom. The molecule has 1 aliphatic rings. The van der Waals surface area contributed by atoms with Gasteiger partial charge in [0.2, 0.25) is 0 Å². The highest BCUT2D eigenvalue weighted by atomic mass is 33.1. The second kappa shape index (κ2) is 4.31. The zero-order valence-electron chi connectivity index (χ0n) is 8.05. The van der Waals surface area contributed by atoms with Gasteiger partial charge in [0.25, 0.3) is 0 Å². The maximum absolute atomic E-state index is 4.44. The maximum atomic E-state index is 4.44. The van der Waals surface area contributed by atoms with Crippen LogP contribution in [0.4, 0.5) is 0 Å². The van der Waals surface area contributed by atoms with Crippen molar-refractivity contribution in [3.05, 3.63) is 22.7 Å². The molecular weight excluding hydrogens is 244 g/mol. The topological polar surface area (TPSA) is 25.8 Å². The van der Waals surface area contributed by atoms with Crippen molar-refractivity contribution in [2.75, 3.05) is 5.75 Å². The molecule has 1 unspecified atom stereocenters. The van der Waals surface area contributed by atoms with Crippen LogP contribution in [0.1, 0.15) is 23.0 Å². The minimum absolute atomic E-state index is 0.628. The maximum Gasteiger partial charge on any atom is 0.104 e. The van der Waals surface area contributed by atoms with Gasteiger partial charge in [0, 0.05) is 28.4 Å². The normalized spacial score (nSPS) is 22.0. The fourth-order valence-electron chi connectivity index (χ4n) is 1.71. The largest absolute Gasteiger partial charge is 0.252 e. The molecule has 3 heterocycles. The summed E-state index contributed by atoms with van der Waals surface area (Å²) in [5, 5.41) is 2.75. The summed E-state index contributed by atoms with van der Waals surface area (Å²) in [6.07, 6.45) is 6.16. The molecule has 1 aliphatic heterocycles. The van der Waals surface area contributed by atoms with Crippen molar-refractivity contribution in [3.8, 4) is 0 Å². The lowest BCUT2D eigenvalue weighted by Crippen LogP contribution is -1.97. The SMILES string of the molecule is c1cnc2c(C3CCCSS3)scc2n1. The van der Waals surface area contributed by atoms with Crippen LogP contribution in [0.5, 0.6) is 0 Å². The molecule has 78 valence electrons. The molecule has 0 aromatic carbocycles. The minimum atomic E-state index is 0.628. The van der Waals surface area contributed by atoms with E-state index >= 15 is 0 Å².